The average molecular weight is 430 g/mol. The van der Waals surface area contributed by atoms with Gasteiger partial charge in [-0.05, 0) is 70.3 Å². The number of hydrogen-bond donors (Lipinski definition) is 0. The number of para-hydroxylation sites is 1. The zero-order valence-electron chi connectivity index (χ0n) is 18.2. The molecule has 5 heterocycles. The third kappa shape index (κ3) is 3.88. The van der Waals surface area contributed by atoms with Gasteiger partial charge in [0.15, 0.2) is 0 Å². The fourth-order valence-corrected chi connectivity index (χ4v) is 4.70. The van der Waals surface area contributed by atoms with Crippen LogP contribution in [-0.2, 0) is 19.5 Å². The highest BCUT2D eigenvalue weighted by Crippen LogP contribution is 2.32. The Labute approximate surface area is 192 Å². The maximum absolute atomic E-state index is 4.97. The second-order valence-electron chi connectivity index (χ2n) is 8.39. The van der Waals surface area contributed by atoms with Crippen LogP contribution in [0.4, 0.5) is 0 Å². The minimum atomic E-state index is 0.874. The molecule has 0 unspecified atom stereocenters. The van der Waals surface area contributed by atoms with E-state index in [4.69, 9.17) is 4.98 Å². The molecule has 160 valence electrons. The van der Waals surface area contributed by atoms with E-state index in [0.29, 0.717) is 0 Å². The molecule has 0 saturated heterocycles. The van der Waals surface area contributed by atoms with Gasteiger partial charge in [-0.3, -0.25) is 24.8 Å². The Kier molecular flexibility index (Phi) is 5.09. The van der Waals surface area contributed by atoms with Gasteiger partial charge in [0.25, 0.3) is 0 Å². The molecule has 1 aromatic carbocycles. The SMILES string of the molecule is c1ccc2c(-c3ccncc3)cc(CCN3Cc4nccc(-c5ccncc5)c4C3)nc2c1. The summed E-state index contributed by atoms with van der Waals surface area (Å²) in [5, 5.41) is 1.17. The van der Waals surface area contributed by atoms with Crippen LogP contribution in [0, 0.1) is 0 Å². The summed E-state index contributed by atoms with van der Waals surface area (Å²) in [7, 11) is 0. The largest absolute Gasteiger partial charge is 0.293 e. The van der Waals surface area contributed by atoms with Gasteiger partial charge in [0.05, 0.1) is 11.2 Å². The van der Waals surface area contributed by atoms with Crippen LogP contribution in [0.15, 0.2) is 91.6 Å². The normalized spacial score (nSPS) is 13.3. The lowest BCUT2D eigenvalue weighted by atomic mass is 10.0. The lowest BCUT2D eigenvalue weighted by Gasteiger charge is -2.15. The zero-order chi connectivity index (χ0) is 22.0. The minimum Gasteiger partial charge on any atom is -0.293 e. The highest BCUT2D eigenvalue weighted by molar-refractivity contribution is 5.94. The van der Waals surface area contributed by atoms with Crippen molar-refractivity contribution in [3.63, 3.8) is 0 Å². The number of fused-ring (bicyclic) bond motifs is 2. The topological polar surface area (TPSA) is 54.8 Å². The Hall–Kier alpha value is -3.96. The third-order valence-electron chi connectivity index (χ3n) is 6.34. The molecular weight excluding hydrogens is 406 g/mol. The van der Waals surface area contributed by atoms with Gasteiger partial charge in [0, 0.05) is 68.1 Å². The van der Waals surface area contributed by atoms with E-state index in [1.807, 2.05) is 31.0 Å². The number of aromatic nitrogens is 4. The predicted molar refractivity (Wildman–Crippen MR) is 130 cm³/mol. The average Bonchev–Trinajstić information content (AvgIpc) is 3.31. The molecule has 0 atom stereocenters. The Balaban J connectivity index is 1.25. The monoisotopic (exact) mass is 429 g/mol. The molecule has 0 aliphatic carbocycles. The van der Waals surface area contributed by atoms with Gasteiger partial charge in [-0.15, -0.1) is 0 Å². The molecule has 1 aliphatic rings. The Bertz CT molecular complexity index is 1420. The third-order valence-corrected chi connectivity index (χ3v) is 6.34. The van der Waals surface area contributed by atoms with Gasteiger partial charge < -0.3 is 0 Å². The molecule has 0 bridgehead atoms. The lowest BCUT2D eigenvalue weighted by Crippen LogP contribution is -2.20. The second kappa shape index (κ2) is 8.52. The minimum absolute atomic E-state index is 0.874. The first-order chi connectivity index (χ1) is 16.3. The van der Waals surface area contributed by atoms with Crippen molar-refractivity contribution in [2.75, 3.05) is 6.54 Å². The highest BCUT2D eigenvalue weighted by Gasteiger charge is 2.23. The van der Waals surface area contributed by atoms with E-state index < -0.39 is 0 Å². The quantitative estimate of drug-likeness (QED) is 0.379. The summed E-state index contributed by atoms with van der Waals surface area (Å²) in [5.41, 5.74) is 9.49. The number of hydrogen-bond acceptors (Lipinski definition) is 5. The van der Waals surface area contributed by atoms with E-state index in [0.717, 1.165) is 37.3 Å². The van der Waals surface area contributed by atoms with Crippen LogP contribution in [0.25, 0.3) is 33.2 Å². The van der Waals surface area contributed by atoms with Crippen LogP contribution in [0.1, 0.15) is 17.0 Å². The van der Waals surface area contributed by atoms with E-state index in [1.54, 1.807) is 0 Å². The molecule has 6 rings (SSSR count). The molecule has 0 saturated carbocycles. The molecule has 5 heteroatoms. The van der Waals surface area contributed by atoms with Crippen molar-refractivity contribution in [2.45, 2.75) is 19.5 Å². The molecular formula is C28H23N5. The lowest BCUT2D eigenvalue weighted by molar-refractivity contribution is 0.286. The maximum Gasteiger partial charge on any atom is 0.0711 e. The zero-order valence-corrected chi connectivity index (χ0v) is 18.2. The first-order valence-corrected chi connectivity index (χ1v) is 11.2. The summed E-state index contributed by atoms with van der Waals surface area (Å²) in [6.45, 7) is 2.72. The van der Waals surface area contributed by atoms with Gasteiger partial charge in [0.2, 0.25) is 0 Å². The van der Waals surface area contributed by atoms with Crippen LogP contribution >= 0.6 is 0 Å². The maximum atomic E-state index is 4.97. The van der Waals surface area contributed by atoms with Crippen molar-refractivity contribution in [1.82, 2.24) is 24.8 Å². The van der Waals surface area contributed by atoms with Crippen LogP contribution in [-0.4, -0.2) is 31.4 Å². The van der Waals surface area contributed by atoms with Crippen LogP contribution in [0.2, 0.25) is 0 Å². The number of benzene rings is 1. The van der Waals surface area contributed by atoms with Crippen molar-refractivity contribution in [3.05, 3.63) is 109 Å². The molecule has 0 radical (unpaired) electrons. The van der Waals surface area contributed by atoms with Gasteiger partial charge in [-0.2, -0.15) is 0 Å². The van der Waals surface area contributed by atoms with E-state index in [1.165, 1.54) is 38.9 Å². The smallest absolute Gasteiger partial charge is 0.0711 e. The molecule has 0 amide bonds. The molecule has 5 nitrogen and oxygen atoms in total. The van der Waals surface area contributed by atoms with Gasteiger partial charge in [-0.25, -0.2) is 0 Å². The molecule has 0 spiro atoms. The van der Waals surface area contributed by atoms with E-state index in [-0.39, 0.29) is 0 Å². The van der Waals surface area contributed by atoms with Crippen molar-refractivity contribution in [2.24, 2.45) is 0 Å². The van der Waals surface area contributed by atoms with Gasteiger partial charge in [-0.1, -0.05) is 18.2 Å². The van der Waals surface area contributed by atoms with E-state index >= 15 is 0 Å². The van der Waals surface area contributed by atoms with E-state index in [9.17, 15) is 0 Å². The van der Waals surface area contributed by atoms with Crippen molar-refractivity contribution < 1.29 is 0 Å². The molecule has 5 aromatic rings. The molecule has 4 aromatic heterocycles. The Morgan fingerprint density at radius 2 is 1.45 bits per heavy atom. The molecule has 33 heavy (non-hydrogen) atoms. The second-order valence-corrected chi connectivity index (χ2v) is 8.39. The summed E-state index contributed by atoms with van der Waals surface area (Å²) < 4.78 is 0. The van der Waals surface area contributed by atoms with E-state index in [2.05, 4.69) is 80.5 Å². The first-order valence-electron chi connectivity index (χ1n) is 11.2. The van der Waals surface area contributed by atoms with Crippen LogP contribution < -0.4 is 0 Å². The van der Waals surface area contributed by atoms with Crippen LogP contribution in [0.5, 0.6) is 0 Å². The van der Waals surface area contributed by atoms with Crippen molar-refractivity contribution in [3.8, 4) is 22.3 Å². The Morgan fingerprint density at radius 3 is 2.24 bits per heavy atom. The number of nitrogens with zero attached hydrogens (tertiary/aromatic N) is 5. The van der Waals surface area contributed by atoms with Crippen LogP contribution in [0.3, 0.4) is 0 Å². The summed E-state index contributed by atoms with van der Waals surface area (Å²) in [4.78, 5) is 20.4. The predicted octanol–water partition coefficient (Wildman–Crippen LogP) is 5.31. The van der Waals surface area contributed by atoms with Gasteiger partial charge >= 0.3 is 0 Å². The summed E-state index contributed by atoms with van der Waals surface area (Å²) >= 11 is 0. The van der Waals surface area contributed by atoms with Gasteiger partial charge in [0.1, 0.15) is 0 Å². The molecule has 0 fully saturated rings. The van der Waals surface area contributed by atoms with Crippen molar-refractivity contribution in [1.29, 1.82) is 0 Å². The summed E-state index contributed by atoms with van der Waals surface area (Å²) in [6, 6.07) is 21.0. The first kappa shape index (κ1) is 19.7. The fourth-order valence-electron chi connectivity index (χ4n) is 4.70. The highest BCUT2D eigenvalue weighted by atomic mass is 15.2. The van der Waals surface area contributed by atoms with Crippen molar-refractivity contribution >= 4 is 10.9 Å². The Morgan fingerprint density at radius 1 is 0.727 bits per heavy atom. The standard InChI is InChI=1S/C28H23N5/c1-2-4-27-24(3-1)25(21-7-13-30-14-8-21)17-22(32-27)10-16-33-18-26-23(9-15-31-28(26)19-33)20-5-11-29-12-6-20/h1-9,11-15,17H,10,16,18-19H2. The number of rotatable bonds is 5. The fraction of sp³-hybridized carbons (Fsp3) is 0.143. The number of pyridine rings is 4. The molecule has 1 aliphatic heterocycles. The summed E-state index contributed by atoms with van der Waals surface area (Å²) in [5.74, 6) is 0. The summed E-state index contributed by atoms with van der Waals surface area (Å²) in [6.07, 6.45) is 10.2. The molecule has 0 N–H and O–H groups in total.